The van der Waals surface area contributed by atoms with Gasteiger partial charge in [0.2, 0.25) is 4.96 Å². The number of aromatic nitrogens is 3. The van der Waals surface area contributed by atoms with E-state index >= 15 is 0 Å². The lowest BCUT2D eigenvalue weighted by Gasteiger charge is -2.08. The molecule has 2 heterocycles. The van der Waals surface area contributed by atoms with Crippen LogP contribution in [0.15, 0.2) is 41.8 Å². The van der Waals surface area contributed by atoms with E-state index in [2.05, 4.69) is 15.4 Å². The minimum atomic E-state index is -0.369. The number of carbonyl (C=O) groups excluding carboxylic acids is 1. The number of hydrogen-bond acceptors (Lipinski definition) is 6. The van der Waals surface area contributed by atoms with Gasteiger partial charge in [-0.05, 0) is 36.4 Å². The number of methoxy groups -OCH3 is 2. The quantitative estimate of drug-likeness (QED) is 0.462. The molecule has 2 aromatic heterocycles. The van der Waals surface area contributed by atoms with Crippen molar-refractivity contribution in [1.29, 1.82) is 0 Å². The second-order valence-electron chi connectivity index (χ2n) is 5.90. The molecule has 2 aromatic carbocycles. The molecule has 0 bridgehead atoms. The fraction of sp³-hybridized carbons (Fsp3) is 0.105. The Morgan fingerprint density at radius 1 is 1.10 bits per heavy atom. The number of carbonyl (C=O) groups is 1. The first kappa shape index (κ1) is 19.5. The van der Waals surface area contributed by atoms with Gasteiger partial charge in [-0.3, -0.25) is 10.1 Å². The Morgan fingerprint density at radius 2 is 1.90 bits per heavy atom. The van der Waals surface area contributed by atoms with Crippen molar-refractivity contribution in [2.45, 2.75) is 0 Å². The normalized spacial score (nSPS) is 10.9. The largest absolute Gasteiger partial charge is 0.493 e. The molecule has 0 saturated heterocycles. The van der Waals surface area contributed by atoms with Crippen LogP contribution < -0.4 is 14.8 Å². The Morgan fingerprint density at radius 3 is 2.66 bits per heavy atom. The molecule has 0 fully saturated rings. The highest BCUT2D eigenvalue weighted by atomic mass is 35.5. The Balaban J connectivity index is 1.64. The van der Waals surface area contributed by atoms with Crippen molar-refractivity contribution < 1.29 is 14.3 Å². The van der Waals surface area contributed by atoms with Crippen LogP contribution in [0, 0.1) is 0 Å². The van der Waals surface area contributed by atoms with Crippen LogP contribution in [-0.2, 0) is 0 Å². The van der Waals surface area contributed by atoms with Gasteiger partial charge in [0.1, 0.15) is 0 Å². The molecule has 0 aliphatic carbocycles. The van der Waals surface area contributed by atoms with Crippen molar-refractivity contribution in [3.8, 4) is 22.8 Å². The molecule has 0 aliphatic heterocycles. The second kappa shape index (κ2) is 7.90. The van der Waals surface area contributed by atoms with Crippen LogP contribution in [-0.4, -0.2) is 34.7 Å². The second-order valence-corrected chi connectivity index (χ2v) is 7.58. The Labute approximate surface area is 179 Å². The van der Waals surface area contributed by atoms with Crippen LogP contribution in [0.5, 0.6) is 11.5 Å². The third-order valence-electron chi connectivity index (χ3n) is 4.16. The van der Waals surface area contributed by atoms with E-state index in [-0.39, 0.29) is 11.9 Å². The van der Waals surface area contributed by atoms with Gasteiger partial charge in [0, 0.05) is 21.5 Å². The highest BCUT2D eigenvalue weighted by Crippen LogP contribution is 2.33. The molecule has 4 rings (SSSR count). The monoisotopic (exact) mass is 448 g/mol. The Hall–Kier alpha value is -2.81. The summed E-state index contributed by atoms with van der Waals surface area (Å²) in [5.41, 5.74) is 1.85. The van der Waals surface area contributed by atoms with E-state index in [1.54, 1.807) is 40.9 Å². The Bertz CT molecular complexity index is 1220. The summed E-state index contributed by atoms with van der Waals surface area (Å²) in [5, 5.41) is 10.1. The summed E-state index contributed by atoms with van der Waals surface area (Å²) < 4.78 is 12.0. The van der Waals surface area contributed by atoms with E-state index in [9.17, 15) is 4.79 Å². The standard InChI is InChI=1S/C19H14Cl2N4O3S/c1-27-15-6-3-10(7-16(15)28-2)17(26)22-18-23-19-25(24-18)14(9-29-19)12-8-11(20)4-5-13(12)21/h3-9H,1-2H3,(H,22,24,26). The molecule has 7 nitrogen and oxygen atoms in total. The van der Waals surface area contributed by atoms with Crippen LogP contribution in [0.2, 0.25) is 10.0 Å². The number of halogens is 2. The summed E-state index contributed by atoms with van der Waals surface area (Å²) in [7, 11) is 3.04. The van der Waals surface area contributed by atoms with E-state index in [1.165, 1.54) is 25.6 Å². The average molecular weight is 449 g/mol. The zero-order valence-corrected chi connectivity index (χ0v) is 17.6. The summed E-state index contributed by atoms with van der Waals surface area (Å²) in [6.07, 6.45) is 0. The number of ether oxygens (including phenoxy) is 2. The van der Waals surface area contributed by atoms with E-state index in [4.69, 9.17) is 32.7 Å². The first-order valence-electron chi connectivity index (χ1n) is 8.33. The predicted molar refractivity (Wildman–Crippen MR) is 114 cm³/mol. The van der Waals surface area contributed by atoms with Gasteiger partial charge in [-0.2, -0.15) is 4.98 Å². The smallest absolute Gasteiger partial charge is 0.258 e. The van der Waals surface area contributed by atoms with Crippen LogP contribution in [0.1, 0.15) is 10.4 Å². The maximum atomic E-state index is 12.6. The molecular formula is C19H14Cl2N4O3S. The van der Waals surface area contributed by atoms with Crippen molar-refractivity contribution in [3.05, 3.63) is 57.4 Å². The average Bonchev–Trinajstić information content (AvgIpc) is 3.29. The van der Waals surface area contributed by atoms with Crippen molar-refractivity contribution in [2.75, 3.05) is 19.5 Å². The first-order chi connectivity index (χ1) is 14.0. The lowest BCUT2D eigenvalue weighted by atomic mass is 10.2. The molecule has 0 saturated carbocycles. The van der Waals surface area contributed by atoms with Crippen LogP contribution >= 0.6 is 34.5 Å². The highest BCUT2D eigenvalue weighted by Gasteiger charge is 2.17. The zero-order valence-electron chi connectivity index (χ0n) is 15.3. The van der Waals surface area contributed by atoms with E-state index < -0.39 is 0 Å². The van der Waals surface area contributed by atoms with E-state index in [0.29, 0.717) is 32.1 Å². The molecule has 0 atom stereocenters. The molecule has 0 spiro atoms. The Kier molecular flexibility index (Phi) is 5.31. The molecular weight excluding hydrogens is 435 g/mol. The minimum Gasteiger partial charge on any atom is -0.493 e. The lowest BCUT2D eigenvalue weighted by Crippen LogP contribution is -2.13. The summed E-state index contributed by atoms with van der Waals surface area (Å²) >= 11 is 13.8. The van der Waals surface area contributed by atoms with Crippen molar-refractivity contribution >= 4 is 51.4 Å². The number of nitrogens with one attached hydrogen (secondary N) is 1. The minimum absolute atomic E-state index is 0.177. The van der Waals surface area contributed by atoms with Crippen molar-refractivity contribution in [2.24, 2.45) is 0 Å². The first-order valence-corrected chi connectivity index (χ1v) is 9.97. The fourth-order valence-corrected chi connectivity index (χ4v) is 3.97. The molecule has 0 radical (unpaired) electrons. The zero-order chi connectivity index (χ0) is 20.5. The number of amides is 1. The van der Waals surface area contributed by atoms with Gasteiger partial charge in [-0.1, -0.05) is 23.2 Å². The number of anilines is 1. The molecule has 10 heteroatoms. The van der Waals surface area contributed by atoms with Gasteiger partial charge in [-0.25, -0.2) is 4.52 Å². The topological polar surface area (TPSA) is 77.8 Å². The van der Waals surface area contributed by atoms with E-state index in [1.807, 2.05) is 5.38 Å². The van der Waals surface area contributed by atoms with Gasteiger partial charge in [0.15, 0.2) is 11.5 Å². The fourth-order valence-electron chi connectivity index (χ4n) is 2.76. The molecule has 4 aromatic rings. The summed E-state index contributed by atoms with van der Waals surface area (Å²) in [4.78, 5) is 17.6. The number of hydrogen-bond donors (Lipinski definition) is 1. The maximum Gasteiger partial charge on any atom is 0.258 e. The number of nitrogens with zero attached hydrogens (tertiary/aromatic N) is 3. The molecule has 1 amide bonds. The van der Waals surface area contributed by atoms with Crippen LogP contribution in [0.25, 0.3) is 16.2 Å². The molecule has 148 valence electrons. The third-order valence-corrected chi connectivity index (χ3v) is 5.54. The van der Waals surface area contributed by atoms with Gasteiger partial charge in [0.05, 0.1) is 24.9 Å². The number of benzene rings is 2. The third kappa shape index (κ3) is 3.74. The predicted octanol–water partition coefficient (Wildman–Crippen LogP) is 5.03. The van der Waals surface area contributed by atoms with Gasteiger partial charge in [-0.15, -0.1) is 16.4 Å². The summed E-state index contributed by atoms with van der Waals surface area (Å²) in [6.45, 7) is 0. The highest BCUT2D eigenvalue weighted by molar-refractivity contribution is 7.15. The van der Waals surface area contributed by atoms with Gasteiger partial charge >= 0.3 is 0 Å². The van der Waals surface area contributed by atoms with Crippen LogP contribution in [0.3, 0.4) is 0 Å². The van der Waals surface area contributed by atoms with Gasteiger partial charge < -0.3 is 9.47 Å². The molecule has 0 aliphatic rings. The van der Waals surface area contributed by atoms with Gasteiger partial charge in [0.25, 0.3) is 11.9 Å². The summed E-state index contributed by atoms with van der Waals surface area (Å²) in [6, 6.07) is 10.1. The molecule has 29 heavy (non-hydrogen) atoms. The maximum absolute atomic E-state index is 12.6. The summed E-state index contributed by atoms with van der Waals surface area (Å²) in [5.74, 6) is 0.798. The number of fused-ring (bicyclic) bond motifs is 1. The van der Waals surface area contributed by atoms with Crippen LogP contribution in [0.4, 0.5) is 5.95 Å². The molecule has 0 unspecified atom stereocenters. The molecule has 1 N–H and O–H groups in total. The van der Waals surface area contributed by atoms with Crippen molar-refractivity contribution in [1.82, 2.24) is 14.6 Å². The van der Waals surface area contributed by atoms with E-state index in [0.717, 1.165) is 11.3 Å². The SMILES string of the molecule is COc1ccc(C(=O)Nc2nc3scc(-c4cc(Cl)ccc4Cl)n3n2)cc1OC. The lowest BCUT2D eigenvalue weighted by molar-refractivity contribution is 0.102. The van der Waals surface area contributed by atoms with Crippen molar-refractivity contribution in [3.63, 3.8) is 0 Å². The number of thiazole rings is 1. The number of rotatable bonds is 5.